The van der Waals surface area contributed by atoms with Crippen LogP contribution in [-0.4, -0.2) is 22.6 Å². The number of nitro benzene ring substituents is 1. The molecule has 7 nitrogen and oxygen atoms in total. The second kappa shape index (κ2) is 5.63. The maximum Gasteiger partial charge on any atom is 0.310 e. The quantitative estimate of drug-likeness (QED) is 0.489. The lowest BCUT2D eigenvalue weighted by atomic mass is 10.1. The van der Waals surface area contributed by atoms with Crippen molar-refractivity contribution >= 4 is 11.7 Å². The van der Waals surface area contributed by atoms with Crippen molar-refractivity contribution < 1.29 is 19.6 Å². The van der Waals surface area contributed by atoms with Crippen LogP contribution in [0.15, 0.2) is 12.1 Å². The number of hydrogen-bond acceptors (Lipinski definition) is 6. The molecule has 0 spiro atoms. The van der Waals surface area contributed by atoms with Gasteiger partial charge in [0.15, 0.2) is 0 Å². The summed E-state index contributed by atoms with van der Waals surface area (Å²) in [7, 11) is 0. The van der Waals surface area contributed by atoms with E-state index in [0.29, 0.717) is 0 Å². The number of carbonyl (C=O) groups excluding carboxylic acids is 1. The lowest BCUT2D eigenvalue weighted by Gasteiger charge is -2.05. The van der Waals surface area contributed by atoms with Crippen molar-refractivity contribution in [2.24, 2.45) is 0 Å². The van der Waals surface area contributed by atoms with Crippen molar-refractivity contribution in [2.45, 2.75) is 13.3 Å². The van der Waals surface area contributed by atoms with Gasteiger partial charge in [0.25, 0.3) is 5.69 Å². The maximum absolute atomic E-state index is 11.3. The molecule has 0 radical (unpaired) electrons. The van der Waals surface area contributed by atoms with Gasteiger partial charge in [-0.1, -0.05) is 0 Å². The summed E-state index contributed by atoms with van der Waals surface area (Å²) < 4.78 is 4.68. The van der Waals surface area contributed by atoms with E-state index < -0.39 is 22.3 Å². The van der Waals surface area contributed by atoms with Crippen molar-refractivity contribution in [1.82, 2.24) is 0 Å². The van der Waals surface area contributed by atoms with Crippen LogP contribution >= 0.6 is 0 Å². The monoisotopic (exact) mass is 250 g/mol. The predicted molar refractivity (Wildman–Crippen MR) is 59.8 cm³/mol. The Hall–Kier alpha value is -2.62. The number of esters is 1. The fourth-order valence-corrected chi connectivity index (χ4v) is 1.39. The van der Waals surface area contributed by atoms with E-state index in [1.165, 1.54) is 0 Å². The Balaban J connectivity index is 3.19. The van der Waals surface area contributed by atoms with Crippen LogP contribution in [0.1, 0.15) is 18.1 Å². The minimum absolute atomic E-state index is 0.0350. The number of nitrogens with zero attached hydrogens (tertiary/aromatic N) is 2. The number of nitriles is 1. The van der Waals surface area contributed by atoms with Gasteiger partial charge in [0, 0.05) is 5.56 Å². The minimum Gasteiger partial charge on any atom is -0.506 e. The molecule has 0 aliphatic heterocycles. The molecule has 94 valence electrons. The Bertz CT molecular complexity index is 533. The third kappa shape index (κ3) is 2.95. The van der Waals surface area contributed by atoms with E-state index >= 15 is 0 Å². The second-order valence-corrected chi connectivity index (χ2v) is 3.35. The van der Waals surface area contributed by atoms with Crippen molar-refractivity contribution in [2.75, 3.05) is 6.61 Å². The highest BCUT2D eigenvalue weighted by atomic mass is 16.6. The molecule has 0 unspecified atom stereocenters. The van der Waals surface area contributed by atoms with Crippen LogP contribution in [0.4, 0.5) is 5.69 Å². The van der Waals surface area contributed by atoms with Gasteiger partial charge in [-0.2, -0.15) is 5.26 Å². The van der Waals surface area contributed by atoms with Gasteiger partial charge in [-0.05, 0) is 13.0 Å². The molecular weight excluding hydrogens is 240 g/mol. The molecule has 1 aromatic rings. The SMILES string of the molecule is CCOC(=O)Cc1cc(C#N)c(O)cc1[N+](=O)[O-]. The molecule has 0 heterocycles. The third-order valence-electron chi connectivity index (χ3n) is 2.15. The zero-order valence-corrected chi connectivity index (χ0v) is 9.54. The van der Waals surface area contributed by atoms with Crippen molar-refractivity contribution in [3.05, 3.63) is 33.4 Å². The number of benzene rings is 1. The molecule has 0 aromatic heterocycles. The summed E-state index contributed by atoms with van der Waals surface area (Å²) >= 11 is 0. The number of nitro groups is 1. The van der Waals surface area contributed by atoms with Gasteiger partial charge in [0.05, 0.1) is 29.6 Å². The zero-order valence-electron chi connectivity index (χ0n) is 9.54. The molecule has 7 heteroatoms. The predicted octanol–water partition coefficient (Wildman–Crippen LogP) is 1.28. The van der Waals surface area contributed by atoms with Crippen molar-refractivity contribution in [1.29, 1.82) is 5.26 Å². The fraction of sp³-hybridized carbons (Fsp3) is 0.273. The lowest BCUT2D eigenvalue weighted by molar-refractivity contribution is -0.385. The van der Waals surface area contributed by atoms with Crippen LogP contribution in [0.2, 0.25) is 0 Å². The highest BCUT2D eigenvalue weighted by Gasteiger charge is 2.20. The summed E-state index contributed by atoms with van der Waals surface area (Å²) in [6.45, 7) is 1.78. The molecule has 0 saturated carbocycles. The smallest absolute Gasteiger partial charge is 0.310 e. The van der Waals surface area contributed by atoms with E-state index in [2.05, 4.69) is 4.74 Å². The zero-order chi connectivity index (χ0) is 13.7. The van der Waals surface area contributed by atoms with Gasteiger partial charge in [-0.25, -0.2) is 0 Å². The van der Waals surface area contributed by atoms with Crippen LogP contribution in [0.5, 0.6) is 5.75 Å². The summed E-state index contributed by atoms with van der Waals surface area (Å²) in [4.78, 5) is 21.3. The third-order valence-corrected chi connectivity index (χ3v) is 2.15. The van der Waals surface area contributed by atoms with Gasteiger partial charge in [-0.3, -0.25) is 14.9 Å². The largest absolute Gasteiger partial charge is 0.506 e. The first-order valence-corrected chi connectivity index (χ1v) is 5.05. The average molecular weight is 250 g/mol. The first kappa shape index (κ1) is 13.4. The maximum atomic E-state index is 11.3. The highest BCUT2D eigenvalue weighted by molar-refractivity contribution is 5.75. The molecule has 0 atom stereocenters. The second-order valence-electron chi connectivity index (χ2n) is 3.35. The Morgan fingerprint density at radius 3 is 2.78 bits per heavy atom. The molecule has 0 aliphatic carbocycles. The van der Waals surface area contributed by atoms with Crippen LogP contribution in [-0.2, 0) is 16.0 Å². The lowest BCUT2D eigenvalue weighted by Crippen LogP contribution is -2.09. The van der Waals surface area contributed by atoms with E-state index in [-0.39, 0.29) is 24.2 Å². The topological polar surface area (TPSA) is 113 Å². The molecule has 0 bridgehead atoms. The van der Waals surface area contributed by atoms with Gasteiger partial charge >= 0.3 is 5.97 Å². The number of phenolic OH excluding ortho intramolecular Hbond substituents is 1. The van der Waals surface area contributed by atoms with Crippen molar-refractivity contribution in [3.63, 3.8) is 0 Å². The van der Waals surface area contributed by atoms with E-state index in [9.17, 15) is 20.0 Å². The molecular formula is C11H10N2O5. The molecule has 0 aliphatic rings. The highest BCUT2D eigenvalue weighted by Crippen LogP contribution is 2.28. The summed E-state index contributed by atoms with van der Waals surface area (Å²) in [5.74, 6) is -1.12. The number of aromatic hydroxyl groups is 1. The van der Waals surface area contributed by atoms with E-state index in [1.54, 1.807) is 13.0 Å². The van der Waals surface area contributed by atoms with Crippen LogP contribution in [0, 0.1) is 21.4 Å². The number of hydrogen-bond donors (Lipinski definition) is 1. The summed E-state index contributed by atoms with van der Waals surface area (Å²) in [5.41, 5.74) is -0.507. The summed E-state index contributed by atoms with van der Waals surface area (Å²) in [5, 5.41) is 28.8. The molecule has 0 amide bonds. The molecule has 0 saturated heterocycles. The number of rotatable bonds is 4. The first-order valence-electron chi connectivity index (χ1n) is 5.05. The van der Waals surface area contributed by atoms with E-state index in [1.807, 2.05) is 0 Å². The van der Waals surface area contributed by atoms with E-state index in [0.717, 1.165) is 12.1 Å². The normalized spacial score (nSPS) is 9.56. The number of carbonyl (C=O) groups is 1. The summed E-state index contributed by atoms with van der Waals surface area (Å²) in [6, 6.07) is 3.65. The van der Waals surface area contributed by atoms with Gasteiger partial charge in [-0.15, -0.1) is 0 Å². The molecule has 1 N–H and O–H groups in total. The van der Waals surface area contributed by atoms with Gasteiger partial charge in [0.2, 0.25) is 0 Å². The minimum atomic E-state index is -0.727. The van der Waals surface area contributed by atoms with Crippen molar-refractivity contribution in [3.8, 4) is 11.8 Å². The van der Waals surface area contributed by atoms with Crippen LogP contribution in [0.25, 0.3) is 0 Å². The molecule has 18 heavy (non-hydrogen) atoms. The van der Waals surface area contributed by atoms with Gasteiger partial charge < -0.3 is 9.84 Å². The number of phenols is 1. The molecule has 1 rings (SSSR count). The standard InChI is InChI=1S/C11H10N2O5/c1-2-18-11(15)4-7-3-8(6-12)10(14)5-9(7)13(16)17/h3,5,14H,2,4H2,1H3. The molecule has 0 fully saturated rings. The Labute approximate surface area is 102 Å². The fourth-order valence-electron chi connectivity index (χ4n) is 1.39. The number of ether oxygens (including phenoxy) is 1. The average Bonchev–Trinajstić information content (AvgIpc) is 2.30. The van der Waals surface area contributed by atoms with Gasteiger partial charge in [0.1, 0.15) is 11.8 Å². The first-order chi connectivity index (χ1) is 8.49. The Kier molecular flexibility index (Phi) is 4.21. The summed E-state index contributed by atoms with van der Waals surface area (Å²) in [6.07, 6.45) is -0.320. The Morgan fingerprint density at radius 2 is 2.28 bits per heavy atom. The molecule has 1 aromatic carbocycles. The van der Waals surface area contributed by atoms with E-state index in [4.69, 9.17) is 5.26 Å². The Morgan fingerprint density at radius 1 is 1.61 bits per heavy atom. The van der Waals surface area contributed by atoms with Crippen LogP contribution < -0.4 is 0 Å². The van der Waals surface area contributed by atoms with Crippen LogP contribution in [0.3, 0.4) is 0 Å².